The van der Waals surface area contributed by atoms with Gasteiger partial charge >= 0.3 is 0 Å². The van der Waals surface area contributed by atoms with Crippen molar-refractivity contribution in [1.29, 1.82) is 0 Å². The van der Waals surface area contributed by atoms with Crippen LogP contribution in [-0.2, 0) is 10.0 Å². The summed E-state index contributed by atoms with van der Waals surface area (Å²) in [5.41, 5.74) is 0.298. The summed E-state index contributed by atoms with van der Waals surface area (Å²) in [5, 5.41) is 0.184. The first-order valence-electron chi connectivity index (χ1n) is 9.72. The second-order valence-electron chi connectivity index (χ2n) is 7.24. The lowest BCUT2D eigenvalue weighted by Crippen LogP contribution is -2.35. The standard InChI is InChI=1S/C23H19ClFN3O3S/c1-15(27(2)32(30,31)17-8-4-3-5-9-17)22-26-21-11-7-6-10-18(21)23(29)28(22)16-12-13-20(25)19(24)14-16/h3-15H,1-2H3. The highest BCUT2D eigenvalue weighted by molar-refractivity contribution is 7.89. The molecule has 0 saturated heterocycles. The van der Waals surface area contributed by atoms with Crippen molar-refractivity contribution in [2.45, 2.75) is 17.9 Å². The number of sulfonamides is 1. The summed E-state index contributed by atoms with van der Waals surface area (Å²) in [6.07, 6.45) is 0. The predicted octanol–water partition coefficient (Wildman–Crippen LogP) is 4.56. The molecule has 0 aliphatic carbocycles. The first kappa shape index (κ1) is 22.1. The van der Waals surface area contributed by atoms with Gasteiger partial charge in [-0.15, -0.1) is 0 Å². The van der Waals surface area contributed by atoms with Crippen molar-refractivity contribution in [2.75, 3.05) is 7.05 Å². The van der Waals surface area contributed by atoms with Gasteiger partial charge < -0.3 is 0 Å². The maximum absolute atomic E-state index is 13.8. The van der Waals surface area contributed by atoms with Crippen LogP contribution in [0.5, 0.6) is 0 Å². The van der Waals surface area contributed by atoms with Gasteiger partial charge in [-0.05, 0) is 49.4 Å². The van der Waals surface area contributed by atoms with Crippen molar-refractivity contribution in [2.24, 2.45) is 0 Å². The Morgan fingerprint density at radius 3 is 2.38 bits per heavy atom. The van der Waals surface area contributed by atoms with E-state index in [0.29, 0.717) is 10.9 Å². The minimum atomic E-state index is -3.87. The Balaban J connectivity index is 1.95. The first-order valence-corrected chi connectivity index (χ1v) is 11.5. The van der Waals surface area contributed by atoms with Crippen LogP contribution in [0.15, 0.2) is 82.5 Å². The smallest absolute Gasteiger partial charge is 0.266 e. The zero-order chi connectivity index (χ0) is 23.0. The average Bonchev–Trinajstić information content (AvgIpc) is 2.80. The summed E-state index contributed by atoms with van der Waals surface area (Å²) in [6.45, 7) is 1.64. The molecule has 9 heteroatoms. The van der Waals surface area contributed by atoms with Gasteiger partial charge in [-0.3, -0.25) is 9.36 Å². The topological polar surface area (TPSA) is 72.3 Å². The van der Waals surface area contributed by atoms with Gasteiger partial charge in [0.2, 0.25) is 10.0 Å². The van der Waals surface area contributed by atoms with Crippen molar-refractivity contribution in [1.82, 2.24) is 13.9 Å². The summed E-state index contributed by atoms with van der Waals surface area (Å²) >= 11 is 5.96. The number of benzene rings is 3. The highest BCUT2D eigenvalue weighted by Crippen LogP contribution is 2.28. The van der Waals surface area contributed by atoms with E-state index in [2.05, 4.69) is 4.98 Å². The number of hydrogen-bond donors (Lipinski definition) is 0. The summed E-state index contributed by atoms with van der Waals surface area (Å²) in [4.78, 5) is 18.1. The van der Waals surface area contributed by atoms with E-state index < -0.39 is 27.4 Å². The lowest BCUT2D eigenvalue weighted by Gasteiger charge is -2.26. The van der Waals surface area contributed by atoms with Crippen molar-refractivity contribution in [3.8, 4) is 5.69 Å². The van der Waals surface area contributed by atoms with Crippen LogP contribution < -0.4 is 5.56 Å². The van der Waals surface area contributed by atoms with Gasteiger partial charge in [0.15, 0.2) is 0 Å². The number of aromatic nitrogens is 2. The number of halogens is 2. The lowest BCUT2D eigenvalue weighted by molar-refractivity contribution is 0.379. The Morgan fingerprint density at radius 2 is 1.69 bits per heavy atom. The fraction of sp³-hybridized carbons (Fsp3) is 0.130. The monoisotopic (exact) mass is 471 g/mol. The van der Waals surface area contributed by atoms with Crippen LogP contribution in [0.1, 0.15) is 18.8 Å². The molecule has 0 amide bonds. The number of nitrogens with zero attached hydrogens (tertiary/aromatic N) is 3. The molecule has 1 unspecified atom stereocenters. The number of hydrogen-bond acceptors (Lipinski definition) is 4. The van der Waals surface area contributed by atoms with E-state index in [1.165, 1.54) is 35.9 Å². The van der Waals surface area contributed by atoms with Crippen molar-refractivity contribution < 1.29 is 12.8 Å². The molecule has 0 N–H and O–H groups in total. The van der Waals surface area contributed by atoms with E-state index in [0.717, 1.165) is 10.4 Å². The molecule has 0 spiro atoms. The Hall–Kier alpha value is -3.07. The summed E-state index contributed by atoms with van der Waals surface area (Å²) in [5.74, 6) is -0.450. The van der Waals surface area contributed by atoms with Crippen LogP contribution in [0.2, 0.25) is 5.02 Å². The van der Waals surface area contributed by atoms with Crippen molar-refractivity contribution >= 4 is 32.5 Å². The lowest BCUT2D eigenvalue weighted by atomic mass is 10.2. The van der Waals surface area contributed by atoms with Gasteiger partial charge in [0.05, 0.1) is 32.6 Å². The molecule has 0 radical (unpaired) electrons. The molecule has 6 nitrogen and oxygen atoms in total. The van der Waals surface area contributed by atoms with Gasteiger partial charge in [0, 0.05) is 7.05 Å². The van der Waals surface area contributed by atoms with Gasteiger partial charge in [-0.2, -0.15) is 4.31 Å². The number of rotatable bonds is 5. The Morgan fingerprint density at radius 1 is 1.03 bits per heavy atom. The minimum Gasteiger partial charge on any atom is -0.268 e. The molecular weight excluding hydrogens is 453 g/mol. The summed E-state index contributed by atoms with van der Waals surface area (Å²) in [7, 11) is -2.45. The van der Waals surface area contributed by atoms with E-state index >= 15 is 0 Å². The number of para-hydroxylation sites is 1. The molecule has 4 aromatic rings. The normalized spacial score (nSPS) is 12.9. The quantitative estimate of drug-likeness (QED) is 0.427. The van der Waals surface area contributed by atoms with Crippen LogP contribution >= 0.6 is 11.6 Å². The third-order valence-electron chi connectivity index (χ3n) is 5.30. The second-order valence-corrected chi connectivity index (χ2v) is 9.64. The van der Waals surface area contributed by atoms with Gasteiger partial charge in [0.1, 0.15) is 11.6 Å². The average molecular weight is 472 g/mol. The predicted molar refractivity (Wildman–Crippen MR) is 122 cm³/mol. The first-order chi connectivity index (χ1) is 15.2. The molecule has 0 aliphatic rings. The molecule has 1 aromatic heterocycles. The van der Waals surface area contributed by atoms with E-state index in [1.54, 1.807) is 49.4 Å². The van der Waals surface area contributed by atoms with Crippen LogP contribution in [0.3, 0.4) is 0 Å². The molecule has 0 aliphatic heterocycles. The molecule has 164 valence electrons. The molecule has 4 rings (SSSR count). The molecule has 32 heavy (non-hydrogen) atoms. The second kappa shape index (κ2) is 8.46. The third kappa shape index (κ3) is 3.81. The van der Waals surface area contributed by atoms with Crippen LogP contribution in [0, 0.1) is 5.82 Å². The zero-order valence-electron chi connectivity index (χ0n) is 17.2. The Kier molecular flexibility index (Phi) is 5.85. The highest BCUT2D eigenvalue weighted by Gasteiger charge is 2.30. The maximum atomic E-state index is 13.8. The third-order valence-corrected chi connectivity index (χ3v) is 7.53. The van der Waals surface area contributed by atoms with Crippen molar-refractivity contribution in [3.63, 3.8) is 0 Å². The zero-order valence-corrected chi connectivity index (χ0v) is 18.8. The van der Waals surface area contributed by atoms with Crippen LogP contribution in [0.4, 0.5) is 4.39 Å². The number of fused-ring (bicyclic) bond motifs is 1. The largest absolute Gasteiger partial charge is 0.268 e. The van der Waals surface area contributed by atoms with E-state index in [-0.39, 0.29) is 21.4 Å². The molecule has 0 saturated carbocycles. The van der Waals surface area contributed by atoms with E-state index in [4.69, 9.17) is 11.6 Å². The van der Waals surface area contributed by atoms with Crippen LogP contribution in [0.25, 0.3) is 16.6 Å². The minimum absolute atomic E-state index is 0.119. The molecule has 3 aromatic carbocycles. The molecule has 0 bridgehead atoms. The Labute approximate surface area is 189 Å². The molecule has 1 atom stereocenters. The maximum Gasteiger partial charge on any atom is 0.266 e. The van der Waals surface area contributed by atoms with Gasteiger partial charge in [0.25, 0.3) is 5.56 Å². The van der Waals surface area contributed by atoms with Crippen molar-refractivity contribution in [3.05, 3.63) is 99.8 Å². The van der Waals surface area contributed by atoms with E-state index in [1.807, 2.05) is 0 Å². The highest BCUT2D eigenvalue weighted by atomic mass is 35.5. The molecular formula is C23H19ClFN3O3S. The van der Waals surface area contributed by atoms with Gasteiger partial charge in [-0.1, -0.05) is 41.9 Å². The summed E-state index contributed by atoms with van der Waals surface area (Å²) < 4.78 is 42.6. The van der Waals surface area contributed by atoms with Gasteiger partial charge in [-0.25, -0.2) is 17.8 Å². The Bertz CT molecular complexity index is 1470. The molecule has 0 fully saturated rings. The SMILES string of the molecule is CC(c1nc2ccccc2c(=O)n1-c1ccc(F)c(Cl)c1)N(C)S(=O)(=O)c1ccccc1. The molecule has 1 heterocycles. The van der Waals surface area contributed by atoms with Crippen LogP contribution in [-0.4, -0.2) is 29.3 Å². The fourth-order valence-electron chi connectivity index (χ4n) is 3.43. The van der Waals surface area contributed by atoms with E-state index in [9.17, 15) is 17.6 Å². The summed E-state index contributed by atoms with van der Waals surface area (Å²) in [6, 6.07) is 17.8. The fourth-order valence-corrected chi connectivity index (χ4v) is 4.95.